The molecule has 0 fully saturated rings. The number of fused-ring (bicyclic) bond motifs is 2. The molecule has 0 aliphatic carbocycles. The Hall–Kier alpha value is -4.56. The van der Waals surface area contributed by atoms with Gasteiger partial charge in [0.25, 0.3) is 0 Å². The summed E-state index contributed by atoms with van der Waals surface area (Å²) in [5, 5.41) is 5.13. The molecule has 38 heavy (non-hydrogen) atoms. The Balaban J connectivity index is 1.78. The standard InChI is InChI=1S/C36H30N2/c1-3-37-27-21-31(25-13-7-5-8-14-25)30-18-12-20-36(34(30)23-27)38(4-2)28-22-32(26-15-9-6-10-16-26)29-17-11-19-35(37)33(29)24-28/h5-24H,3-4H2,1-2H3. The highest BCUT2D eigenvalue weighted by molar-refractivity contribution is 6.10. The Morgan fingerprint density at radius 3 is 1.24 bits per heavy atom. The second-order valence-electron chi connectivity index (χ2n) is 9.95. The van der Waals surface area contributed by atoms with E-state index in [0.29, 0.717) is 0 Å². The molecule has 0 N–H and O–H groups in total. The number of hydrogen-bond donors (Lipinski definition) is 0. The molecule has 0 atom stereocenters. The summed E-state index contributed by atoms with van der Waals surface area (Å²) in [6.45, 7) is 6.26. The summed E-state index contributed by atoms with van der Waals surface area (Å²) in [5.41, 5.74) is 9.99. The van der Waals surface area contributed by atoms with Crippen LogP contribution in [0.5, 0.6) is 0 Å². The van der Waals surface area contributed by atoms with Crippen LogP contribution in [0.25, 0.3) is 65.9 Å². The molecule has 0 saturated heterocycles. The molecule has 2 heteroatoms. The zero-order valence-corrected chi connectivity index (χ0v) is 21.9. The van der Waals surface area contributed by atoms with Crippen molar-refractivity contribution in [2.24, 2.45) is 0 Å². The minimum atomic E-state index is 0.878. The summed E-state index contributed by atoms with van der Waals surface area (Å²) >= 11 is 0. The first-order valence-electron chi connectivity index (χ1n) is 13.6. The van der Waals surface area contributed by atoms with Crippen LogP contribution < -0.4 is 0 Å². The molecule has 0 unspecified atom stereocenters. The Labute approximate surface area is 223 Å². The van der Waals surface area contributed by atoms with Gasteiger partial charge in [0.15, 0.2) is 0 Å². The fourth-order valence-corrected chi connectivity index (χ4v) is 6.19. The number of benzene rings is 6. The van der Waals surface area contributed by atoms with Crippen LogP contribution in [0.1, 0.15) is 13.8 Å². The van der Waals surface area contributed by atoms with Gasteiger partial charge in [-0.05, 0) is 83.3 Å². The van der Waals surface area contributed by atoms with E-state index in [0.717, 1.165) is 13.1 Å². The first kappa shape index (κ1) is 22.6. The minimum Gasteiger partial charge on any atom is -0.341 e. The van der Waals surface area contributed by atoms with Crippen LogP contribution in [0.4, 0.5) is 0 Å². The Morgan fingerprint density at radius 1 is 0.421 bits per heavy atom. The van der Waals surface area contributed by atoms with Crippen molar-refractivity contribution in [1.82, 2.24) is 9.13 Å². The maximum atomic E-state index is 2.48. The van der Waals surface area contributed by atoms with E-state index in [4.69, 9.17) is 0 Å². The van der Waals surface area contributed by atoms with Crippen molar-refractivity contribution in [3.63, 3.8) is 0 Å². The minimum absolute atomic E-state index is 0.878. The molecule has 1 aromatic heterocycles. The van der Waals surface area contributed by atoms with E-state index in [2.05, 4.69) is 144 Å². The number of hydrogen-bond acceptors (Lipinski definition) is 0. The first-order chi connectivity index (χ1) is 18.8. The van der Waals surface area contributed by atoms with Gasteiger partial charge in [-0.25, -0.2) is 0 Å². The molecule has 6 aromatic carbocycles. The van der Waals surface area contributed by atoms with E-state index in [1.807, 2.05) is 0 Å². The van der Waals surface area contributed by atoms with Gasteiger partial charge in [-0.2, -0.15) is 0 Å². The zero-order valence-electron chi connectivity index (χ0n) is 21.9. The SMILES string of the molecule is CCn1c2cc(-c3ccccc3)c3cccc(c3c2)n(CC)c2cc(-c3ccccc3)c3cccc1c3c2. The molecule has 7 aromatic rings. The monoisotopic (exact) mass is 490 g/mol. The lowest BCUT2D eigenvalue weighted by molar-refractivity contribution is 0.816. The molecule has 1 heterocycles. The summed E-state index contributed by atoms with van der Waals surface area (Å²) in [6, 6.07) is 44.7. The van der Waals surface area contributed by atoms with E-state index in [-0.39, 0.29) is 0 Å². The quantitative estimate of drug-likeness (QED) is 0.232. The predicted molar refractivity (Wildman–Crippen MR) is 163 cm³/mol. The number of nitrogens with zero attached hydrogens (tertiary/aromatic N) is 2. The van der Waals surface area contributed by atoms with E-state index in [1.165, 1.54) is 65.9 Å². The molecular formula is C36H30N2. The molecular weight excluding hydrogens is 460 g/mol. The Morgan fingerprint density at radius 2 is 0.842 bits per heavy atom. The van der Waals surface area contributed by atoms with Gasteiger partial charge in [0, 0.05) is 45.9 Å². The van der Waals surface area contributed by atoms with Crippen molar-refractivity contribution in [3.8, 4) is 22.3 Å². The van der Waals surface area contributed by atoms with E-state index in [1.54, 1.807) is 0 Å². The summed E-state index contributed by atoms with van der Waals surface area (Å²) < 4.78 is 4.95. The summed E-state index contributed by atoms with van der Waals surface area (Å²) in [5.74, 6) is 0. The van der Waals surface area contributed by atoms with E-state index < -0.39 is 0 Å². The number of aryl methyl sites for hydroxylation is 2. The maximum Gasteiger partial charge on any atom is 0.0491 e. The van der Waals surface area contributed by atoms with Crippen LogP contribution in [-0.4, -0.2) is 9.13 Å². The van der Waals surface area contributed by atoms with Gasteiger partial charge in [-0.1, -0.05) is 84.9 Å². The third-order valence-corrected chi connectivity index (χ3v) is 7.92. The smallest absolute Gasteiger partial charge is 0.0491 e. The second-order valence-corrected chi connectivity index (χ2v) is 9.95. The lowest BCUT2D eigenvalue weighted by atomic mass is 9.95. The number of rotatable bonds is 4. The molecule has 4 bridgehead atoms. The molecule has 7 rings (SSSR count). The lowest BCUT2D eigenvalue weighted by Gasteiger charge is -2.19. The van der Waals surface area contributed by atoms with Gasteiger partial charge >= 0.3 is 0 Å². The van der Waals surface area contributed by atoms with Gasteiger partial charge < -0.3 is 9.13 Å². The lowest BCUT2D eigenvalue weighted by Crippen LogP contribution is -2.03. The molecule has 0 radical (unpaired) electrons. The van der Waals surface area contributed by atoms with Crippen LogP contribution in [-0.2, 0) is 13.1 Å². The first-order valence-corrected chi connectivity index (χ1v) is 13.6. The van der Waals surface area contributed by atoms with Crippen molar-refractivity contribution in [3.05, 3.63) is 121 Å². The average Bonchev–Trinajstić information content (AvgIpc) is 2.98. The zero-order chi connectivity index (χ0) is 25.6. The van der Waals surface area contributed by atoms with Gasteiger partial charge in [0.05, 0.1) is 0 Å². The van der Waals surface area contributed by atoms with Crippen LogP contribution in [0.15, 0.2) is 121 Å². The fraction of sp³-hybridized carbons (Fsp3) is 0.111. The predicted octanol–water partition coefficient (Wildman–Crippen LogP) is 9.84. The molecule has 0 saturated carbocycles. The van der Waals surface area contributed by atoms with Crippen LogP contribution in [0, 0.1) is 0 Å². The molecule has 184 valence electrons. The van der Waals surface area contributed by atoms with Crippen molar-refractivity contribution < 1.29 is 0 Å². The molecule has 0 aliphatic rings. The third kappa shape index (κ3) is 3.48. The third-order valence-electron chi connectivity index (χ3n) is 7.92. The maximum absolute atomic E-state index is 2.48. The van der Waals surface area contributed by atoms with Crippen molar-refractivity contribution in [2.45, 2.75) is 26.9 Å². The fourth-order valence-electron chi connectivity index (χ4n) is 6.19. The molecule has 0 amide bonds. The van der Waals surface area contributed by atoms with E-state index >= 15 is 0 Å². The highest BCUT2D eigenvalue weighted by Gasteiger charge is 2.14. The number of aromatic nitrogens is 2. The topological polar surface area (TPSA) is 9.86 Å². The summed E-state index contributed by atoms with van der Waals surface area (Å²) in [7, 11) is 0. The Bertz CT molecular complexity index is 1830. The second kappa shape index (κ2) is 9.08. The molecule has 0 aliphatic heterocycles. The largest absolute Gasteiger partial charge is 0.341 e. The normalized spacial score (nSPS) is 11.6. The Kier molecular flexibility index (Phi) is 5.40. The van der Waals surface area contributed by atoms with Crippen LogP contribution >= 0.6 is 0 Å². The van der Waals surface area contributed by atoms with Gasteiger partial charge in [0.1, 0.15) is 0 Å². The van der Waals surface area contributed by atoms with Crippen molar-refractivity contribution >= 4 is 43.6 Å². The van der Waals surface area contributed by atoms with E-state index in [9.17, 15) is 0 Å². The van der Waals surface area contributed by atoms with Crippen molar-refractivity contribution in [2.75, 3.05) is 0 Å². The van der Waals surface area contributed by atoms with Gasteiger partial charge in [0.2, 0.25) is 0 Å². The van der Waals surface area contributed by atoms with Gasteiger partial charge in [-0.3, -0.25) is 0 Å². The highest BCUT2D eigenvalue weighted by atomic mass is 15.0. The summed E-state index contributed by atoms with van der Waals surface area (Å²) in [6.07, 6.45) is 0. The highest BCUT2D eigenvalue weighted by Crippen LogP contribution is 2.37. The van der Waals surface area contributed by atoms with Crippen LogP contribution in [0.2, 0.25) is 0 Å². The molecule has 2 nitrogen and oxygen atoms in total. The van der Waals surface area contributed by atoms with Gasteiger partial charge in [-0.15, -0.1) is 0 Å². The van der Waals surface area contributed by atoms with Crippen molar-refractivity contribution in [1.29, 1.82) is 0 Å². The van der Waals surface area contributed by atoms with Crippen LogP contribution in [0.3, 0.4) is 0 Å². The average molecular weight is 491 g/mol. The summed E-state index contributed by atoms with van der Waals surface area (Å²) in [4.78, 5) is 0. The molecule has 0 spiro atoms.